The molecule has 2 atom stereocenters. The van der Waals surface area contributed by atoms with Gasteiger partial charge in [0.05, 0.1) is 22.8 Å². The number of nitrogens with zero attached hydrogens (tertiary/aromatic N) is 1. The van der Waals surface area contributed by atoms with E-state index in [0.717, 1.165) is 0 Å². The van der Waals surface area contributed by atoms with Crippen LogP contribution in [0, 0.1) is 17.2 Å². The molecule has 0 aliphatic carbocycles. The van der Waals surface area contributed by atoms with Crippen LogP contribution in [0.5, 0.6) is 0 Å². The first kappa shape index (κ1) is 11.2. The van der Waals surface area contributed by atoms with Gasteiger partial charge in [-0.05, 0) is 25.1 Å². The van der Waals surface area contributed by atoms with E-state index in [9.17, 15) is 4.21 Å². The van der Waals surface area contributed by atoms with Gasteiger partial charge in [0.25, 0.3) is 0 Å². The normalized spacial score (nSPS) is 14.4. The Morgan fingerprint density at radius 2 is 2.36 bits per heavy atom. The van der Waals surface area contributed by atoms with Gasteiger partial charge >= 0.3 is 0 Å². The highest BCUT2D eigenvalue weighted by molar-refractivity contribution is 7.85. The minimum atomic E-state index is -1.13. The highest BCUT2D eigenvalue weighted by Gasteiger charge is 2.08. The van der Waals surface area contributed by atoms with E-state index >= 15 is 0 Å². The Kier molecular flexibility index (Phi) is 4.12. The van der Waals surface area contributed by atoms with Crippen molar-refractivity contribution in [3.63, 3.8) is 0 Å². The Morgan fingerprint density at radius 3 is 2.93 bits per heavy atom. The number of hydrogen-bond acceptors (Lipinski definition) is 2. The maximum Gasteiger partial charge on any atom is 0.0662 e. The van der Waals surface area contributed by atoms with Gasteiger partial charge in [0.1, 0.15) is 0 Å². The zero-order chi connectivity index (χ0) is 10.6. The van der Waals surface area contributed by atoms with Crippen LogP contribution in [0.15, 0.2) is 29.2 Å². The van der Waals surface area contributed by atoms with Crippen molar-refractivity contribution < 1.29 is 4.21 Å². The zero-order valence-corrected chi connectivity index (χ0v) is 9.31. The molecule has 74 valence electrons. The number of hydrogen-bond donors (Lipinski definition) is 0. The van der Waals surface area contributed by atoms with Gasteiger partial charge in [-0.1, -0.05) is 17.7 Å². The largest absolute Gasteiger partial charge is 0.254 e. The molecule has 14 heavy (non-hydrogen) atoms. The summed E-state index contributed by atoms with van der Waals surface area (Å²) in [6, 6.07) is 8.97. The van der Waals surface area contributed by atoms with Gasteiger partial charge in [0.15, 0.2) is 0 Å². The van der Waals surface area contributed by atoms with Gasteiger partial charge in [0.2, 0.25) is 0 Å². The second-order valence-corrected chi connectivity index (χ2v) is 4.93. The molecule has 2 unspecified atom stereocenters. The molecule has 4 heteroatoms. The molecule has 0 bridgehead atoms. The van der Waals surface area contributed by atoms with Crippen LogP contribution in [0.25, 0.3) is 0 Å². The molecule has 0 fully saturated rings. The summed E-state index contributed by atoms with van der Waals surface area (Å²) in [6.45, 7) is 1.75. The van der Waals surface area contributed by atoms with E-state index in [1.165, 1.54) is 0 Å². The molecule has 0 radical (unpaired) electrons. The third-order valence-electron chi connectivity index (χ3n) is 1.68. The Labute approximate surface area is 91.0 Å². The van der Waals surface area contributed by atoms with Crippen molar-refractivity contribution >= 4 is 22.4 Å². The summed E-state index contributed by atoms with van der Waals surface area (Å²) in [5.41, 5.74) is 0. The van der Waals surface area contributed by atoms with Gasteiger partial charge in [0, 0.05) is 15.7 Å². The van der Waals surface area contributed by atoms with Gasteiger partial charge in [-0.2, -0.15) is 5.26 Å². The van der Waals surface area contributed by atoms with Gasteiger partial charge in [-0.3, -0.25) is 4.21 Å². The molecule has 0 aliphatic heterocycles. The van der Waals surface area contributed by atoms with Crippen LogP contribution in [-0.2, 0) is 10.8 Å². The molecule has 2 nitrogen and oxygen atoms in total. The highest BCUT2D eigenvalue weighted by Crippen LogP contribution is 2.15. The Bertz CT molecular complexity index is 386. The fraction of sp³-hybridized carbons (Fsp3) is 0.300. The summed E-state index contributed by atoms with van der Waals surface area (Å²) < 4.78 is 11.7. The third kappa shape index (κ3) is 3.13. The summed E-state index contributed by atoms with van der Waals surface area (Å²) in [7, 11) is -1.13. The Balaban J connectivity index is 2.76. The molecule has 0 aromatic heterocycles. The molecule has 1 rings (SSSR count). The molecule has 0 N–H and O–H groups in total. The summed E-state index contributed by atoms with van der Waals surface area (Å²) >= 11 is 5.76. The van der Waals surface area contributed by atoms with E-state index < -0.39 is 10.8 Å². The molecular weight excluding hydrogens is 218 g/mol. The summed E-state index contributed by atoms with van der Waals surface area (Å²) in [4.78, 5) is 0.680. The lowest BCUT2D eigenvalue weighted by Crippen LogP contribution is -2.05. The number of halogens is 1. The Morgan fingerprint density at radius 1 is 1.64 bits per heavy atom. The van der Waals surface area contributed by atoms with E-state index in [4.69, 9.17) is 16.9 Å². The van der Waals surface area contributed by atoms with Gasteiger partial charge in [-0.15, -0.1) is 0 Å². The average Bonchev–Trinajstić information content (AvgIpc) is 2.17. The monoisotopic (exact) mass is 227 g/mol. The maximum atomic E-state index is 11.7. The van der Waals surface area contributed by atoms with Crippen molar-refractivity contribution in [1.82, 2.24) is 0 Å². The first-order valence-electron chi connectivity index (χ1n) is 4.17. The van der Waals surface area contributed by atoms with Crippen molar-refractivity contribution in [3.8, 4) is 6.07 Å². The van der Waals surface area contributed by atoms with Crippen LogP contribution in [0.4, 0.5) is 0 Å². The second kappa shape index (κ2) is 5.14. The third-order valence-corrected chi connectivity index (χ3v) is 3.50. The van der Waals surface area contributed by atoms with Crippen LogP contribution in [0.3, 0.4) is 0 Å². The number of rotatable bonds is 3. The van der Waals surface area contributed by atoms with Crippen LogP contribution >= 0.6 is 11.6 Å². The van der Waals surface area contributed by atoms with Crippen molar-refractivity contribution in [3.05, 3.63) is 29.3 Å². The van der Waals surface area contributed by atoms with E-state index in [1.54, 1.807) is 31.2 Å². The molecule has 0 saturated heterocycles. The van der Waals surface area contributed by atoms with E-state index in [0.29, 0.717) is 15.7 Å². The quantitative estimate of drug-likeness (QED) is 0.797. The van der Waals surface area contributed by atoms with E-state index in [2.05, 4.69) is 6.07 Å². The van der Waals surface area contributed by atoms with Crippen LogP contribution in [0.2, 0.25) is 5.02 Å². The lowest BCUT2D eigenvalue weighted by Gasteiger charge is -2.03. The maximum absolute atomic E-state index is 11.7. The summed E-state index contributed by atoms with van der Waals surface area (Å²) in [5.74, 6) is 0.159. The van der Waals surface area contributed by atoms with Crippen molar-refractivity contribution in [2.45, 2.75) is 11.8 Å². The minimum Gasteiger partial charge on any atom is -0.254 e. The predicted molar refractivity (Wildman–Crippen MR) is 57.5 cm³/mol. The Hall–Kier alpha value is -0.850. The smallest absolute Gasteiger partial charge is 0.0662 e. The highest BCUT2D eigenvalue weighted by atomic mass is 35.5. The predicted octanol–water partition coefficient (Wildman–Crippen LogP) is 2.61. The summed E-state index contributed by atoms with van der Waals surface area (Å²) in [5, 5.41) is 9.14. The standard InChI is InChI=1S/C10H10ClNOS/c1-8(6-12)7-14(13)10-4-2-3-9(11)5-10/h2-5,8H,7H2,1H3. The van der Waals surface area contributed by atoms with Gasteiger partial charge < -0.3 is 0 Å². The number of nitriles is 1. The lowest BCUT2D eigenvalue weighted by atomic mass is 10.3. The summed E-state index contributed by atoms with van der Waals surface area (Å²) in [6.07, 6.45) is 0. The molecule has 0 amide bonds. The first-order valence-corrected chi connectivity index (χ1v) is 5.86. The molecule has 1 aromatic carbocycles. The molecule has 0 saturated carbocycles. The molecule has 0 aliphatic rings. The topological polar surface area (TPSA) is 40.9 Å². The number of benzene rings is 1. The average molecular weight is 228 g/mol. The molecular formula is C10H10ClNOS. The van der Waals surface area contributed by atoms with Crippen LogP contribution in [0.1, 0.15) is 6.92 Å². The minimum absolute atomic E-state index is 0.199. The SMILES string of the molecule is CC(C#N)CS(=O)c1cccc(Cl)c1. The van der Waals surface area contributed by atoms with E-state index in [1.807, 2.05) is 0 Å². The fourth-order valence-corrected chi connectivity index (χ4v) is 2.43. The van der Waals surface area contributed by atoms with Crippen molar-refractivity contribution in [2.75, 3.05) is 5.75 Å². The second-order valence-electron chi connectivity index (χ2n) is 3.00. The molecule has 1 aromatic rings. The van der Waals surface area contributed by atoms with Gasteiger partial charge in [-0.25, -0.2) is 0 Å². The van der Waals surface area contributed by atoms with Crippen molar-refractivity contribution in [1.29, 1.82) is 5.26 Å². The first-order chi connectivity index (χ1) is 6.63. The fourth-order valence-electron chi connectivity index (χ4n) is 0.969. The van der Waals surface area contributed by atoms with Crippen LogP contribution in [-0.4, -0.2) is 9.96 Å². The molecule has 0 heterocycles. The zero-order valence-electron chi connectivity index (χ0n) is 7.74. The molecule has 0 spiro atoms. The van der Waals surface area contributed by atoms with Crippen LogP contribution < -0.4 is 0 Å². The van der Waals surface area contributed by atoms with E-state index in [-0.39, 0.29) is 5.92 Å². The lowest BCUT2D eigenvalue weighted by molar-refractivity contribution is 0.676. The van der Waals surface area contributed by atoms with Crippen molar-refractivity contribution in [2.24, 2.45) is 5.92 Å².